The SMILES string of the molecule is C=C(/C=C\C(=NC)c1cccc(CN2C(=O)Cc3ccc(C(=O)NCCC)cc32)c1)CC1CCN(C)CC1. The second-order valence-electron chi connectivity index (χ2n) is 10.5. The smallest absolute Gasteiger partial charge is 0.251 e. The molecule has 4 rings (SSSR count). The number of anilines is 1. The number of nitrogens with zero attached hydrogens (tertiary/aromatic N) is 3. The van der Waals surface area contributed by atoms with Crippen LogP contribution in [-0.2, 0) is 17.8 Å². The van der Waals surface area contributed by atoms with Crippen molar-refractivity contribution in [1.29, 1.82) is 0 Å². The van der Waals surface area contributed by atoms with Crippen LogP contribution in [0.15, 0.2) is 71.8 Å². The van der Waals surface area contributed by atoms with E-state index in [9.17, 15) is 9.59 Å². The molecule has 1 N–H and O–H groups in total. The number of piperidine rings is 1. The van der Waals surface area contributed by atoms with Crippen LogP contribution in [0.3, 0.4) is 0 Å². The summed E-state index contributed by atoms with van der Waals surface area (Å²) in [4.78, 5) is 34.1. The summed E-state index contributed by atoms with van der Waals surface area (Å²) < 4.78 is 0. The van der Waals surface area contributed by atoms with Crippen molar-refractivity contribution in [3.63, 3.8) is 0 Å². The molecular weight excluding hydrogens is 472 g/mol. The zero-order valence-electron chi connectivity index (χ0n) is 23.0. The average Bonchev–Trinajstić information content (AvgIpc) is 3.23. The third-order valence-corrected chi connectivity index (χ3v) is 7.49. The van der Waals surface area contributed by atoms with E-state index >= 15 is 0 Å². The van der Waals surface area contributed by atoms with Gasteiger partial charge in [-0.25, -0.2) is 0 Å². The first-order valence-electron chi connectivity index (χ1n) is 13.7. The molecule has 2 heterocycles. The van der Waals surface area contributed by atoms with E-state index < -0.39 is 0 Å². The quantitative estimate of drug-likeness (QED) is 0.352. The van der Waals surface area contributed by atoms with E-state index in [0.29, 0.717) is 31.0 Å². The van der Waals surface area contributed by atoms with Gasteiger partial charge in [0.1, 0.15) is 0 Å². The molecule has 38 heavy (non-hydrogen) atoms. The molecule has 0 aromatic heterocycles. The fourth-order valence-electron chi connectivity index (χ4n) is 5.23. The van der Waals surface area contributed by atoms with Crippen LogP contribution in [-0.4, -0.2) is 56.2 Å². The first kappa shape index (κ1) is 27.5. The zero-order valence-corrected chi connectivity index (χ0v) is 23.0. The van der Waals surface area contributed by atoms with E-state index in [4.69, 9.17) is 0 Å². The molecular formula is C32H40N4O2. The fourth-order valence-corrected chi connectivity index (χ4v) is 5.23. The Kier molecular flexibility index (Phi) is 9.29. The van der Waals surface area contributed by atoms with E-state index in [-0.39, 0.29) is 11.8 Å². The van der Waals surface area contributed by atoms with Crippen molar-refractivity contribution >= 4 is 23.2 Å². The van der Waals surface area contributed by atoms with E-state index in [1.807, 2.05) is 43.3 Å². The molecule has 2 amide bonds. The summed E-state index contributed by atoms with van der Waals surface area (Å²) in [6.07, 6.45) is 8.85. The van der Waals surface area contributed by atoms with E-state index in [1.165, 1.54) is 12.8 Å². The van der Waals surface area contributed by atoms with Crippen molar-refractivity contribution in [2.24, 2.45) is 10.9 Å². The number of carbonyl (C=O) groups is 2. The molecule has 0 radical (unpaired) electrons. The van der Waals surface area contributed by atoms with Crippen molar-refractivity contribution in [2.75, 3.05) is 38.6 Å². The summed E-state index contributed by atoms with van der Waals surface area (Å²) in [6, 6.07) is 13.7. The molecule has 0 atom stereocenters. The van der Waals surface area contributed by atoms with Crippen molar-refractivity contribution < 1.29 is 9.59 Å². The predicted molar refractivity (Wildman–Crippen MR) is 156 cm³/mol. The fraction of sp³-hybridized carbons (Fsp3) is 0.406. The molecule has 6 heteroatoms. The standard InChI is InChI=1S/C32H40N4O2/c1-5-15-34-32(38)28-11-10-27-21-31(37)36(30(27)20-28)22-25-7-6-8-26(19-25)29(33-3)12-9-23(2)18-24-13-16-35(4)17-14-24/h6-12,19-20,24H,2,5,13-18,21-22H2,1,3-4H3,(H,34,38)/b12-9-,33-29?. The Bertz CT molecular complexity index is 1240. The van der Waals surface area contributed by atoms with Gasteiger partial charge in [-0.2, -0.15) is 0 Å². The third kappa shape index (κ3) is 6.87. The number of hydrogen-bond acceptors (Lipinski definition) is 4. The van der Waals surface area contributed by atoms with Crippen LogP contribution in [0.5, 0.6) is 0 Å². The molecule has 6 nitrogen and oxygen atoms in total. The minimum atomic E-state index is -0.107. The van der Waals surface area contributed by atoms with E-state index in [2.05, 4.69) is 41.0 Å². The van der Waals surface area contributed by atoms with Crippen LogP contribution in [0, 0.1) is 5.92 Å². The number of likely N-dealkylation sites (tertiary alicyclic amines) is 1. The van der Waals surface area contributed by atoms with Gasteiger partial charge in [-0.05, 0) is 92.7 Å². The number of rotatable bonds is 10. The van der Waals surface area contributed by atoms with Gasteiger partial charge >= 0.3 is 0 Å². The van der Waals surface area contributed by atoms with Crippen LogP contribution in [0.4, 0.5) is 5.69 Å². The average molecular weight is 513 g/mol. The Hall–Kier alpha value is -3.51. The van der Waals surface area contributed by atoms with Crippen molar-refractivity contribution in [3.05, 3.63) is 89.0 Å². The molecule has 0 spiro atoms. The van der Waals surface area contributed by atoms with Crippen LogP contribution >= 0.6 is 0 Å². The highest BCUT2D eigenvalue weighted by atomic mass is 16.2. The highest BCUT2D eigenvalue weighted by molar-refractivity contribution is 6.09. The second kappa shape index (κ2) is 12.8. The number of carbonyl (C=O) groups excluding carboxylic acids is 2. The molecule has 0 bridgehead atoms. The first-order chi connectivity index (χ1) is 18.4. The summed E-state index contributed by atoms with van der Waals surface area (Å²) in [5.74, 6) is 0.641. The number of benzene rings is 2. The van der Waals surface area contributed by atoms with Crippen LogP contribution < -0.4 is 10.2 Å². The van der Waals surface area contributed by atoms with Gasteiger partial charge in [0, 0.05) is 24.8 Å². The molecule has 2 aromatic rings. The second-order valence-corrected chi connectivity index (χ2v) is 10.5. The minimum absolute atomic E-state index is 0.0472. The lowest BCUT2D eigenvalue weighted by Gasteiger charge is -2.29. The summed E-state index contributed by atoms with van der Waals surface area (Å²) >= 11 is 0. The maximum absolute atomic E-state index is 12.9. The highest BCUT2D eigenvalue weighted by Gasteiger charge is 2.28. The van der Waals surface area contributed by atoms with Gasteiger partial charge in [0.2, 0.25) is 5.91 Å². The molecule has 1 saturated heterocycles. The van der Waals surface area contributed by atoms with Gasteiger partial charge in [-0.15, -0.1) is 0 Å². The van der Waals surface area contributed by atoms with Crippen LogP contribution in [0.2, 0.25) is 0 Å². The summed E-state index contributed by atoms with van der Waals surface area (Å²) in [5.41, 5.74) is 6.40. The lowest BCUT2D eigenvalue weighted by atomic mass is 9.90. The van der Waals surface area contributed by atoms with Gasteiger partial charge in [-0.3, -0.25) is 14.6 Å². The van der Waals surface area contributed by atoms with Gasteiger partial charge in [-0.1, -0.05) is 49.4 Å². The molecule has 0 unspecified atom stereocenters. The van der Waals surface area contributed by atoms with Gasteiger partial charge in [0.25, 0.3) is 5.91 Å². The minimum Gasteiger partial charge on any atom is -0.352 e. The Labute approximate surface area is 227 Å². The Morgan fingerprint density at radius 2 is 1.92 bits per heavy atom. The van der Waals surface area contributed by atoms with E-state index in [0.717, 1.165) is 59.6 Å². The monoisotopic (exact) mass is 512 g/mol. The maximum Gasteiger partial charge on any atom is 0.251 e. The van der Waals surface area contributed by atoms with Gasteiger partial charge in [0.05, 0.1) is 18.7 Å². The number of fused-ring (bicyclic) bond motifs is 1. The lowest BCUT2D eigenvalue weighted by molar-refractivity contribution is -0.117. The molecule has 0 saturated carbocycles. The summed E-state index contributed by atoms with van der Waals surface area (Å²) in [5, 5.41) is 2.92. The van der Waals surface area contributed by atoms with Gasteiger partial charge < -0.3 is 15.1 Å². The van der Waals surface area contributed by atoms with Crippen LogP contribution in [0.1, 0.15) is 59.7 Å². The largest absolute Gasteiger partial charge is 0.352 e. The third-order valence-electron chi connectivity index (χ3n) is 7.49. The van der Waals surface area contributed by atoms with Crippen molar-refractivity contribution in [3.8, 4) is 0 Å². The zero-order chi connectivity index (χ0) is 27.1. The number of allylic oxidation sites excluding steroid dienone is 3. The number of nitrogens with one attached hydrogen (secondary N) is 1. The summed E-state index contributed by atoms with van der Waals surface area (Å²) in [6.45, 7) is 9.71. The Balaban J connectivity index is 1.44. The molecule has 2 aliphatic rings. The lowest BCUT2D eigenvalue weighted by Crippen LogP contribution is -2.30. The van der Waals surface area contributed by atoms with Crippen LogP contribution in [0.25, 0.3) is 0 Å². The van der Waals surface area contributed by atoms with E-state index in [1.54, 1.807) is 18.0 Å². The highest BCUT2D eigenvalue weighted by Crippen LogP contribution is 2.31. The predicted octanol–water partition coefficient (Wildman–Crippen LogP) is 5.18. The molecule has 0 aliphatic carbocycles. The molecule has 2 aliphatic heterocycles. The van der Waals surface area contributed by atoms with Crippen molar-refractivity contribution in [2.45, 2.75) is 45.6 Å². The first-order valence-corrected chi connectivity index (χ1v) is 13.7. The van der Waals surface area contributed by atoms with Crippen molar-refractivity contribution in [1.82, 2.24) is 10.2 Å². The number of amides is 2. The Morgan fingerprint density at radius 3 is 2.66 bits per heavy atom. The molecule has 200 valence electrons. The summed E-state index contributed by atoms with van der Waals surface area (Å²) in [7, 11) is 3.99. The maximum atomic E-state index is 12.9. The normalized spacial score (nSPS) is 16.8. The number of hydrogen-bond donors (Lipinski definition) is 1. The molecule has 1 fully saturated rings. The number of aliphatic imine (C=N–C) groups is 1. The molecule has 2 aromatic carbocycles. The van der Waals surface area contributed by atoms with Gasteiger partial charge in [0.15, 0.2) is 0 Å². The Morgan fingerprint density at radius 1 is 1.13 bits per heavy atom. The topological polar surface area (TPSA) is 65.0 Å².